The lowest BCUT2D eigenvalue weighted by atomic mass is 9.98. The Morgan fingerprint density at radius 3 is 2.58 bits per heavy atom. The van der Waals surface area contributed by atoms with E-state index in [1.165, 1.54) is 6.42 Å². The van der Waals surface area contributed by atoms with Crippen molar-refractivity contribution in [3.05, 3.63) is 23.9 Å². The summed E-state index contributed by atoms with van der Waals surface area (Å²) in [7, 11) is 2.14. The summed E-state index contributed by atoms with van der Waals surface area (Å²) in [6.07, 6.45) is 4.04. The standard InChI is InChI=1S/C18H27N5O.2ClH/c1-21-6-8-22(9-7-21)17-10-13(4-5-20-17)18(24)23-11-14-2-3-16(19)15(14)12-23;;/h4-5,10,14-16H,2-3,6-9,11-12,19H2,1H3;2*1H. The van der Waals surface area contributed by atoms with Crippen molar-refractivity contribution in [3.63, 3.8) is 0 Å². The first-order chi connectivity index (χ1) is 11.6. The van der Waals surface area contributed by atoms with Gasteiger partial charge in [0, 0.05) is 57.1 Å². The first-order valence-corrected chi connectivity index (χ1v) is 9.06. The van der Waals surface area contributed by atoms with Crippen LogP contribution in [0.2, 0.25) is 0 Å². The van der Waals surface area contributed by atoms with Gasteiger partial charge in [-0.2, -0.15) is 0 Å². The van der Waals surface area contributed by atoms with Crippen molar-refractivity contribution in [1.29, 1.82) is 0 Å². The minimum absolute atomic E-state index is 0. The van der Waals surface area contributed by atoms with Gasteiger partial charge in [-0.1, -0.05) is 0 Å². The highest BCUT2D eigenvalue weighted by atomic mass is 35.5. The molecule has 0 radical (unpaired) electrons. The van der Waals surface area contributed by atoms with Gasteiger partial charge in [0.1, 0.15) is 5.82 Å². The van der Waals surface area contributed by atoms with Crippen LogP contribution < -0.4 is 10.6 Å². The molecule has 146 valence electrons. The van der Waals surface area contributed by atoms with Crippen LogP contribution in [0, 0.1) is 11.8 Å². The smallest absolute Gasteiger partial charge is 0.254 e. The number of fused-ring (bicyclic) bond motifs is 1. The SMILES string of the molecule is CN1CCN(c2cc(C(=O)N3CC4CCC(N)C4C3)ccn2)CC1.Cl.Cl. The lowest BCUT2D eigenvalue weighted by molar-refractivity contribution is 0.0779. The second kappa shape index (κ2) is 8.74. The zero-order valence-corrected chi connectivity index (χ0v) is 16.8. The molecule has 0 bridgehead atoms. The van der Waals surface area contributed by atoms with Crippen LogP contribution in [0.5, 0.6) is 0 Å². The number of anilines is 1. The summed E-state index contributed by atoms with van der Waals surface area (Å²) >= 11 is 0. The quantitative estimate of drug-likeness (QED) is 0.812. The van der Waals surface area contributed by atoms with Crippen molar-refractivity contribution in [2.75, 3.05) is 51.2 Å². The molecule has 0 aromatic carbocycles. The second-order valence-electron chi connectivity index (χ2n) is 7.57. The molecule has 4 rings (SSSR count). The molecule has 26 heavy (non-hydrogen) atoms. The van der Waals surface area contributed by atoms with E-state index >= 15 is 0 Å². The minimum atomic E-state index is 0. The van der Waals surface area contributed by atoms with Gasteiger partial charge in [0.15, 0.2) is 0 Å². The van der Waals surface area contributed by atoms with Gasteiger partial charge >= 0.3 is 0 Å². The maximum Gasteiger partial charge on any atom is 0.254 e. The molecule has 2 saturated heterocycles. The summed E-state index contributed by atoms with van der Waals surface area (Å²) in [6.45, 7) is 5.67. The Bertz CT molecular complexity index is 623. The van der Waals surface area contributed by atoms with E-state index in [9.17, 15) is 4.79 Å². The van der Waals surface area contributed by atoms with Crippen LogP contribution in [0.4, 0.5) is 5.82 Å². The topological polar surface area (TPSA) is 65.7 Å². The zero-order valence-electron chi connectivity index (χ0n) is 15.2. The average molecular weight is 402 g/mol. The number of amides is 1. The number of hydrogen-bond donors (Lipinski definition) is 1. The fourth-order valence-corrected chi connectivity index (χ4v) is 4.42. The molecule has 6 nitrogen and oxygen atoms in total. The molecule has 1 amide bonds. The Kier molecular flexibility index (Phi) is 7.13. The average Bonchev–Trinajstić information content (AvgIpc) is 3.17. The van der Waals surface area contributed by atoms with Crippen LogP contribution in [0.15, 0.2) is 18.3 Å². The van der Waals surface area contributed by atoms with Gasteiger partial charge in [0.25, 0.3) is 5.91 Å². The van der Waals surface area contributed by atoms with Gasteiger partial charge in [0.2, 0.25) is 0 Å². The zero-order chi connectivity index (χ0) is 16.7. The Labute approximate surface area is 167 Å². The number of rotatable bonds is 2. The van der Waals surface area contributed by atoms with Gasteiger partial charge in [0.05, 0.1) is 0 Å². The third-order valence-corrected chi connectivity index (χ3v) is 6.02. The number of likely N-dealkylation sites (N-methyl/N-ethyl adjacent to an activating group) is 1. The van der Waals surface area contributed by atoms with E-state index in [-0.39, 0.29) is 36.8 Å². The Morgan fingerprint density at radius 2 is 1.88 bits per heavy atom. The molecule has 2 N–H and O–H groups in total. The van der Waals surface area contributed by atoms with Crippen molar-refractivity contribution in [1.82, 2.24) is 14.8 Å². The fourth-order valence-electron chi connectivity index (χ4n) is 4.42. The van der Waals surface area contributed by atoms with Crippen molar-refractivity contribution in [2.45, 2.75) is 18.9 Å². The largest absolute Gasteiger partial charge is 0.354 e. The Hall–Kier alpha value is -1.08. The molecule has 3 atom stereocenters. The van der Waals surface area contributed by atoms with Gasteiger partial charge in [-0.15, -0.1) is 24.8 Å². The number of hydrogen-bond acceptors (Lipinski definition) is 5. The third kappa shape index (κ3) is 4.09. The monoisotopic (exact) mass is 401 g/mol. The molecule has 1 aromatic heterocycles. The van der Waals surface area contributed by atoms with Crippen LogP contribution >= 0.6 is 24.8 Å². The lowest BCUT2D eigenvalue weighted by Gasteiger charge is -2.33. The predicted molar refractivity (Wildman–Crippen MR) is 109 cm³/mol. The molecular weight excluding hydrogens is 373 g/mol. The number of piperazine rings is 1. The van der Waals surface area contributed by atoms with E-state index < -0.39 is 0 Å². The van der Waals surface area contributed by atoms with Gasteiger partial charge < -0.3 is 20.4 Å². The van der Waals surface area contributed by atoms with E-state index in [1.807, 2.05) is 17.0 Å². The van der Waals surface area contributed by atoms with E-state index in [4.69, 9.17) is 5.73 Å². The Balaban J connectivity index is 0.00000121. The number of carbonyl (C=O) groups excluding carboxylic acids is 1. The van der Waals surface area contributed by atoms with Crippen LogP contribution in [0.1, 0.15) is 23.2 Å². The number of aromatic nitrogens is 1. The van der Waals surface area contributed by atoms with Gasteiger partial charge in [-0.05, 0) is 43.9 Å². The van der Waals surface area contributed by atoms with Crippen LogP contribution in [0.3, 0.4) is 0 Å². The number of nitrogens with two attached hydrogens (primary N) is 1. The summed E-state index contributed by atoms with van der Waals surface area (Å²) in [5.41, 5.74) is 6.95. The maximum absolute atomic E-state index is 12.9. The van der Waals surface area contributed by atoms with E-state index in [1.54, 1.807) is 6.20 Å². The molecule has 1 aromatic rings. The highest BCUT2D eigenvalue weighted by Crippen LogP contribution is 2.37. The molecule has 0 spiro atoms. The number of likely N-dealkylation sites (tertiary alicyclic amines) is 1. The van der Waals surface area contributed by atoms with Crippen molar-refractivity contribution < 1.29 is 4.79 Å². The summed E-state index contributed by atoms with van der Waals surface area (Å²) < 4.78 is 0. The number of nitrogens with zero attached hydrogens (tertiary/aromatic N) is 4. The minimum Gasteiger partial charge on any atom is -0.354 e. The van der Waals surface area contributed by atoms with Crippen molar-refractivity contribution in [2.24, 2.45) is 17.6 Å². The number of pyridine rings is 1. The van der Waals surface area contributed by atoms with E-state index in [0.717, 1.165) is 57.1 Å². The van der Waals surface area contributed by atoms with E-state index in [2.05, 4.69) is 21.8 Å². The first kappa shape index (κ1) is 21.2. The van der Waals surface area contributed by atoms with Crippen molar-refractivity contribution >= 4 is 36.5 Å². The summed E-state index contributed by atoms with van der Waals surface area (Å²) in [5, 5.41) is 0. The van der Waals surface area contributed by atoms with Crippen LogP contribution in [0.25, 0.3) is 0 Å². The highest BCUT2D eigenvalue weighted by molar-refractivity contribution is 5.95. The molecule has 3 fully saturated rings. The highest BCUT2D eigenvalue weighted by Gasteiger charge is 2.42. The van der Waals surface area contributed by atoms with Gasteiger partial charge in [-0.3, -0.25) is 4.79 Å². The fraction of sp³-hybridized carbons (Fsp3) is 0.667. The molecule has 3 aliphatic rings. The molecule has 1 saturated carbocycles. The molecule has 8 heteroatoms. The molecule has 1 aliphatic carbocycles. The van der Waals surface area contributed by atoms with E-state index in [0.29, 0.717) is 11.8 Å². The first-order valence-electron chi connectivity index (χ1n) is 9.06. The third-order valence-electron chi connectivity index (χ3n) is 6.02. The van der Waals surface area contributed by atoms with Crippen LogP contribution in [-0.4, -0.2) is 73.0 Å². The molecule has 2 aliphatic heterocycles. The summed E-state index contributed by atoms with van der Waals surface area (Å²) in [5.74, 6) is 2.15. The van der Waals surface area contributed by atoms with Gasteiger partial charge in [-0.25, -0.2) is 4.98 Å². The maximum atomic E-state index is 12.9. The van der Waals surface area contributed by atoms with Crippen LogP contribution in [-0.2, 0) is 0 Å². The number of carbonyl (C=O) groups is 1. The molecular formula is C18H29Cl2N5O. The molecule has 3 heterocycles. The summed E-state index contributed by atoms with van der Waals surface area (Å²) in [4.78, 5) is 24.0. The predicted octanol–water partition coefficient (Wildman–Crippen LogP) is 1.49. The normalized spacial score (nSPS) is 28.3. The van der Waals surface area contributed by atoms with Crippen molar-refractivity contribution in [3.8, 4) is 0 Å². The summed E-state index contributed by atoms with van der Waals surface area (Å²) in [6, 6.07) is 4.07. The Morgan fingerprint density at radius 1 is 1.15 bits per heavy atom. The lowest BCUT2D eigenvalue weighted by Crippen LogP contribution is -2.44. The second-order valence-corrected chi connectivity index (χ2v) is 7.57. The molecule has 3 unspecified atom stereocenters. The number of halogens is 2.